The molecule has 5 aromatic rings. The third kappa shape index (κ3) is 3.37. The monoisotopic (exact) mass is 433 g/mol. The van der Waals surface area contributed by atoms with Gasteiger partial charge in [0.05, 0.1) is 16.4 Å². The molecule has 5 rings (SSSR count). The van der Waals surface area contributed by atoms with Crippen LogP contribution in [-0.2, 0) is 12.3 Å². The molecule has 6 nitrogen and oxygen atoms in total. The SMILES string of the molecule is CCCCn1c(=O)c2ccccc2n2c(SCc3ccc(F)c4cccnc34)nnc12. The van der Waals surface area contributed by atoms with Gasteiger partial charge in [0.1, 0.15) is 5.82 Å². The number of benzene rings is 2. The Kier molecular flexibility index (Phi) is 5.15. The summed E-state index contributed by atoms with van der Waals surface area (Å²) in [6.07, 6.45) is 3.53. The Morgan fingerprint density at radius 2 is 1.87 bits per heavy atom. The summed E-state index contributed by atoms with van der Waals surface area (Å²) in [5.74, 6) is 0.814. The fraction of sp³-hybridized carbons (Fsp3) is 0.217. The van der Waals surface area contributed by atoms with Gasteiger partial charge in [0.25, 0.3) is 5.56 Å². The van der Waals surface area contributed by atoms with Crippen LogP contribution in [0, 0.1) is 5.82 Å². The zero-order valence-electron chi connectivity index (χ0n) is 17.0. The van der Waals surface area contributed by atoms with E-state index >= 15 is 0 Å². The predicted octanol–water partition coefficient (Wildman–Crippen LogP) is 4.82. The number of hydrogen-bond donors (Lipinski definition) is 0. The molecular formula is C23H20FN5OS. The molecule has 0 N–H and O–H groups in total. The third-order valence-corrected chi connectivity index (χ3v) is 6.35. The van der Waals surface area contributed by atoms with Gasteiger partial charge in [-0.15, -0.1) is 10.2 Å². The number of thioether (sulfide) groups is 1. The topological polar surface area (TPSA) is 65.1 Å². The van der Waals surface area contributed by atoms with Crippen LogP contribution in [0.15, 0.2) is 64.7 Å². The predicted molar refractivity (Wildman–Crippen MR) is 121 cm³/mol. The molecule has 0 bridgehead atoms. The summed E-state index contributed by atoms with van der Waals surface area (Å²) in [5, 5.41) is 10.6. The second-order valence-corrected chi connectivity index (χ2v) is 8.28. The second kappa shape index (κ2) is 8.11. The molecule has 0 aliphatic heterocycles. The lowest BCUT2D eigenvalue weighted by Gasteiger charge is -2.11. The van der Waals surface area contributed by atoms with Crippen LogP contribution in [0.1, 0.15) is 25.3 Å². The lowest BCUT2D eigenvalue weighted by atomic mass is 10.1. The Labute approximate surface area is 181 Å². The molecule has 0 spiro atoms. The molecule has 0 amide bonds. The summed E-state index contributed by atoms with van der Waals surface area (Å²) in [6.45, 7) is 2.69. The number of rotatable bonds is 6. The van der Waals surface area contributed by atoms with E-state index in [0.717, 1.165) is 23.9 Å². The number of aromatic nitrogens is 5. The molecule has 0 atom stereocenters. The lowest BCUT2D eigenvalue weighted by molar-refractivity contribution is 0.620. The number of aryl methyl sites for hydroxylation is 1. The summed E-state index contributed by atoms with van der Waals surface area (Å²) >= 11 is 1.50. The zero-order chi connectivity index (χ0) is 21.4. The average molecular weight is 434 g/mol. The quantitative estimate of drug-likeness (QED) is 0.359. The van der Waals surface area contributed by atoms with Gasteiger partial charge in [-0.1, -0.05) is 43.3 Å². The molecule has 156 valence electrons. The molecular weight excluding hydrogens is 413 g/mol. The maximum Gasteiger partial charge on any atom is 0.262 e. The minimum atomic E-state index is -0.282. The Morgan fingerprint density at radius 3 is 2.74 bits per heavy atom. The van der Waals surface area contributed by atoms with E-state index in [-0.39, 0.29) is 11.4 Å². The van der Waals surface area contributed by atoms with E-state index in [9.17, 15) is 9.18 Å². The van der Waals surface area contributed by atoms with Crippen LogP contribution >= 0.6 is 11.8 Å². The summed E-state index contributed by atoms with van der Waals surface area (Å²) < 4.78 is 17.8. The van der Waals surface area contributed by atoms with E-state index in [2.05, 4.69) is 22.1 Å². The molecule has 8 heteroatoms. The van der Waals surface area contributed by atoms with E-state index in [0.29, 0.717) is 39.5 Å². The van der Waals surface area contributed by atoms with Crippen LogP contribution < -0.4 is 5.56 Å². The summed E-state index contributed by atoms with van der Waals surface area (Å²) in [6, 6.07) is 14.2. The second-order valence-electron chi connectivity index (χ2n) is 7.34. The van der Waals surface area contributed by atoms with Gasteiger partial charge in [0.15, 0.2) is 5.16 Å². The van der Waals surface area contributed by atoms with Crippen LogP contribution in [0.4, 0.5) is 4.39 Å². The fourth-order valence-electron chi connectivity index (χ4n) is 3.80. The molecule has 31 heavy (non-hydrogen) atoms. The maximum atomic E-state index is 14.1. The van der Waals surface area contributed by atoms with Crippen LogP contribution in [0.5, 0.6) is 0 Å². The number of fused-ring (bicyclic) bond motifs is 4. The molecule has 0 saturated carbocycles. The number of halogens is 1. The van der Waals surface area contributed by atoms with Crippen molar-refractivity contribution in [2.24, 2.45) is 0 Å². The molecule has 2 aromatic carbocycles. The largest absolute Gasteiger partial charge is 0.276 e. The molecule has 0 fully saturated rings. The highest BCUT2D eigenvalue weighted by atomic mass is 32.2. The van der Waals surface area contributed by atoms with E-state index in [1.807, 2.05) is 28.7 Å². The van der Waals surface area contributed by atoms with Crippen molar-refractivity contribution in [2.75, 3.05) is 0 Å². The Morgan fingerprint density at radius 1 is 1.03 bits per heavy atom. The Balaban J connectivity index is 1.61. The van der Waals surface area contributed by atoms with Gasteiger partial charge in [-0.05, 0) is 42.3 Å². The van der Waals surface area contributed by atoms with Crippen molar-refractivity contribution in [3.8, 4) is 0 Å². The van der Waals surface area contributed by atoms with Crippen molar-refractivity contribution in [2.45, 2.75) is 37.2 Å². The van der Waals surface area contributed by atoms with Gasteiger partial charge in [0.2, 0.25) is 5.78 Å². The van der Waals surface area contributed by atoms with Crippen molar-refractivity contribution in [3.63, 3.8) is 0 Å². The van der Waals surface area contributed by atoms with E-state index < -0.39 is 0 Å². The average Bonchev–Trinajstić information content (AvgIpc) is 3.23. The van der Waals surface area contributed by atoms with Crippen molar-refractivity contribution < 1.29 is 4.39 Å². The highest BCUT2D eigenvalue weighted by Crippen LogP contribution is 2.28. The first-order chi connectivity index (χ1) is 15.2. The van der Waals surface area contributed by atoms with Gasteiger partial charge in [-0.3, -0.25) is 18.7 Å². The van der Waals surface area contributed by atoms with Crippen LogP contribution in [-0.4, -0.2) is 24.1 Å². The van der Waals surface area contributed by atoms with E-state index in [1.165, 1.54) is 17.8 Å². The van der Waals surface area contributed by atoms with Crippen LogP contribution in [0.2, 0.25) is 0 Å². The number of hydrogen-bond acceptors (Lipinski definition) is 5. The Bertz CT molecular complexity index is 1480. The smallest absolute Gasteiger partial charge is 0.262 e. The molecule has 3 aromatic heterocycles. The maximum absolute atomic E-state index is 14.1. The summed E-state index contributed by atoms with van der Waals surface area (Å²) in [4.78, 5) is 17.4. The minimum Gasteiger partial charge on any atom is -0.276 e. The number of para-hydroxylation sites is 1. The van der Waals surface area contributed by atoms with Gasteiger partial charge in [-0.2, -0.15) is 0 Å². The number of unbranched alkanes of at least 4 members (excludes halogenated alkanes) is 1. The summed E-state index contributed by atoms with van der Waals surface area (Å²) in [5.41, 5.74) is 2.30. The van der Waals surface area contributed by atoms with Crippen molar-refractivity contribution in [3.05, 3.63) is 76.5 Å². The van der Waals surface area contributed by atoms with Gasteiger partial charge < -0.3 is 0 Å². The zero-order valence-corrected chi connectivity index (χ0v) is 17.8. The lowest BCUT2D eigenvalue weighted by Crippen LogP contribution is -2.23. The molecule has 0 saturated heterocycles. The van der Waals surface area contributed by atoms with Crippen LogP contribution in [0.3, 0.4) is 0 Å². The van der Waals surface area contributed by atoms with Gasteiger partial charge in [-0.25, -0.2) is 4.39 Å². The molecule has 0 aliphatic carbocycles. The standard InChI is InChI=1S/C23H20FN5OS/c1-2-3-13-28-21(30)17-7-4-5-9-19(17)29-22(28)26-27-23(29)31-14-15-10-11-18(24)16-8-6-12-25-20(15)16/h4-12H,2-3,13-14H2,1H3. The first kappa shape index (κ1) is 19.7. The summed E-state index contributed by atoms with van der Waals surface area (Å²) in [7, 11) is 0. The highest BCUT2D eigenvalue weighted by Gasteiger charge is 2.17. The first-order valence-corrected chi connectivity index (χ1v) is 11.2. The molecule has 0 unspecified atom stereocenters. The number of nitrogens with zero attached hydrogens (tertiary/aromatic N) is 5. The molecule has 0 radical (unpaired) electrons. The molecule has 3 heterocycles. The molecule has 0 aliphatic rings. The van der Waals surface area contributed by atoms with Gasteiger partial charge >= 0.3 is 0 Å². The van der Waals surface area contributed by atoms with Crippen molar-refractivity contribution in [1.82, 2.24) is 24.1 Å². The van der Waals surface area contributed by atoms with Crippen LogP contribution in [0.25, 0.3) is 27.6 Å². The first-order valence-electron chi connectivity index (χ1n) is 10.2. The number of pyridine rings is 1. The Hall–Kier alpha value is -3.26. The van der Waals surface area contributed by atoms with E-state index in [4.69, 9.17) is 0 Å². The third-order valence-electron chi connectivity index (χ3n) is 5.37. The van der Waals surface area contributed by atoms with E-state index in [1.54, 1.807) is 29.0 Å². The van der Waals surface area contributed by atoms with Crippen molar-refractivity contribution >= 4 is 39.3 Å². The normalized spacial score (nSPS) is 11.7. The fourth-order valence-corrected chi connectivity index (χ4v) is 4.73. The van der Waals surface area contributed by atoms with Gasteiger partial charge in [0, 0.05) is 23.9 Å². The highest BCUT2D eigenvalue weighted by molar-refractivity contribution is 7.98. The minimum absolute atomic E-state index is 0.0470. The van der Waals surface area contributed by atoms with Crippen molar-refractivity contribution in [1.29, 1.82) is 0 Å².